The topological polar surface area (TPSA) is 80.4 Å². The summed E-state index contributed by atoms with van der Waals surface area (Å²) in [7, 11) is 0. The van der Waals surface area contributed by atoms with Crippen molar-refractivity contribution in [2.45, 2.75) is 6.54 Å². The van der Waals surface area contributed by atoms with Crippen LogP contribution in [0.15, 0.2) is 108 Å². The van der Waals surface area contributed by atoms with E-state index in [-0.39, 0.29) is 13.1 Å². The Hall–Kier alpha value is -4.33. The minimum Gasteiger partial charge on any atom is -0.467 e. The number of amides is 2. The number of hydrogen-bond acceptors (Lipinski definition) is 4. The zero-order chi connectivity index (χ0) is 26.5. The maximum absolute atomic E-state index is 13.4. The molecule has 3 aromatic carbocycles. The molecule has 0 saturated carbocycles. The van der Waals surface area contributed by atoms with E-state index in [0.29, 0.717) is 33.0 Å². The van der Waals surface area contributed by atoms with Gasteiger partial charge in [-0.1, -0.05) is 71.7 Å². The average molecular weight is 545 g/mol. The Labute approximate surface area is 229 Å². The summed E-state index contributed by atoms with van der Waals surface area (Å²) in [5.74, 6) is -0.0139. The number of carbonyl (C=O) groups is 2. The Balaban J connectivity index is 1.44. The maximum Gasteiger partial charge on any atom is 0.256 e. The van der Waals surface area contributed by atoms with Crippen LogP contribution in [0.1, 0.15) is 16.1 Å². The molecule has 2 amide bonds. The van der Waals surface area contributed by atoms with Crippen LogP contribution >= 0.6 is 23.2 Å². The van der Waals surface area contributed by atoms with E-state index in [1.54, 1.807) is 53.1 Å². The second-order valence-electron chi connectivity index (χ2n) is 8.43. The number of nitrogens with one attached hydrogen (secondary N) is 1. The number of aromatic nitrogens is 2. The van der Waals surface area contributed by atoms with Crippen LogP contribution < -0.4 is 5.32 Å². The second kappa shape index (κ2) is 11.4. The Morgan fingerprint density at radius 1 is 0.921 bits per heavy atom. The number of halogens is 2. The van der Waals surface area contributed by atoms with Crippen LogP contribution in [-0.4, -0.2) is 32.8 Å². The number of hydrogen-bond donors (Lipinski definition) is 1. The van der Waals surface area contributed by atoms with Crippen LogP contribution in [0, 0.1) is 0 Å². The lowest BCUT2D eigenvalue weighted by Crippen LogP contribution is -2.38. The first-order valence-corrected chi connectivity index (χ1v) is 12.5. The summed E-state index contributed by atoms with van der Waals surface area (Å²) in [5, 5.41) is 3.71. The maximum atomic E-state index is 13.4. The predicted molar refractivity (Wildman–Crippen MR) is 148 cm³/mol. The van der Waals surface area contributed by atoms with Gasteiger partial charge in [0.15, 0.2) is 0 Å². The van der Waals surface area contributed by atoms with Gasteiger partial charge in [0.25, 0.3) is 5.91 Å². The fourth-order valence-corrected chi connectivity index (χ4v) is 4.37. The van der Waals surface area contributed by atoms with E-state index in [0.717, 1.165) is 11.3 Å². The van der Waals surface area contributed by atoms with Crippen molar-refractivity contribution < 1.29 is 14.0 Å². The lowest BCUT2D eigenvalue weighted by atomic mass is 10.2. The Morgan fingerprint density at radius 3 is 2.45 bits per heavy atom. The van der Waals surface area contributed by atoms with Crippen LogP contribution in [0.5, 0.6) is 0 Å². The molecule has 5 rings (SSSR count). The molecular formula is C29H22Cl2N4O3. The van der Waals surface area contributed by atoms with Gasteiger partial charge >= 0.3 is 0 Å². The van der Waals surface area contributed by atoms with E-state index in [9.17, 15) is 9.59 Å². The van der Waals surface area contributed by atoms with Gasteiger partial charge in [-0.3, -0.25) is 19.5 Å². The summed E-state index contributed by atoms with van der Waals surface area (Å²) in [4.78, 5) is 32.7. The van der Waals surface area contributed by atoms with Gasteiger partial charge in [0.05, 0.1) is 29.1 Å². The number of furan rings is 1. The number of anilines is 1. The number of imidazole rings is 1. The molecule has 7 nitrogen and oxygen atoms in total. The van der Waals surface area contributed by atoms with Gasteiger partial charge < -0.3 is 9.32 Å². The molecule has 0 radical (unpaired) electrons. The molecule has 0 unspecified atom stereocenters. The zero-order valence-corrected chi connectivity index (χ0v) is 21.6. The zero-order valence-electron chi connectivity index (χ0n) is 20.1. The lowest BCUT2D eigenvalue weighted by molar-refractivity contribution is -0.117. The van der Waals surface area contributed by atoms with Gasteiger partial charge in [-0.05, 0) is 42.5 Å². The van der Waals surface area contributed by atoms with Gasteiger partial charge in [-0.15, -0.1) is 0 Å². The smallest absolute Gasteiger partial charge is 0.256 e. The normalized spacial score (nSPS) is 10.8. The van der Waals surface area contributed by atoms with E-state index in [4.69, 9.17) is 27.6 Å². The number of nitrogens with zero attached hydrogens (tertiary/aromatic N) is 3. The van der Waals surface area contributed by atoms with Crippen molar-refractivity contribution in [3.8, 4) is 16.9 Å². The van der Waals surface area contributed by atoms with Crippen LogP contribution in [0.2, 0.25) is 10.0 Å². The molecule has 0 atom stereocenters. The fraction of sp³-hybridized carbons (Fsp3) is 0.0690. The van der Waals surface area contributed by atoms with Crippen molar-refractivity contribution in [2.75, 3.05) is 11.9 Å². The quantitative estimate of drug-likeness (QED) is 0.235. The minimum absolute atomic E-state index is 0.0858. The third-order valence-electron chi connectivity index (χ3n) is 5.77. The molecule has 0 saturated heterocycles. The molecule has 0 bridgehead atoms. The van der Waals surface area contributed by atoms with Gasteiger partial charge in [0, 0.05) is 22.5 Å². The number of benzene rings is 3. The molecule has 0 aliphatic carbocycles. The van der Waals surface area contributed by atoms with E-state index >= 15 is 0 Å². The Morgan fingerprint density at radius 2 is 1.71 bits per heavy atom. The summed E-state index contributed by atoms with van der Waals surface area (Å²) in [5.41, 5.74) is 2.57. The molecule has 0 spiro atoms. The van der Waals surface area contributed by atoms with Gasteiger partial charge in [-0.2, -0.15) is 0 Å². The SMILES string of the molecule is O=C(CN(Cc1ccco1)C(=O)c1ccccc1Cl)Nc1nc(-c2ccccc2)cn1-c1cccc(Cl)c1. The molecular weight excluding hydrogens is 523 g/mol. The molecule has 9 heteroatoms. The Bertz CT molecular complexity index is 1570. The van der Waals surface area contributed by atoms with Crippen molar-refractivity contribution in [3.63, 3.8) is 0 Å². The molecule has 2 aromatic heterocycles. The van der Waals surface area contributed by atoms with Crippen LogP contribution in [0.3, 0.4) is 0 Å². The lowest BCUT2D eigenvalue weighted by Gasteiger charge is -2.22. The summed E-state index contributed by atoms with van der Waals surface area (Å²) < 4.78 is 7.18. The number of carbonyl (C=O) groups excluding carboxylic acids is 2. The summed E-state index contributed by atoms with van der Waals surface area (Å²) in [6.45, 7) is -0.170. The first-order valence-electron chi connectivity index (χ1n) is 11.7. The third-order valence-corrected chi connectivity index (χ3v) is 6.33. The molecule has 1 N–H and O–H groups in total. The third kappa shape index (κ3) is 5.80. The molecule has 190 valence electrons. The molecule has 38 heavy (non-hydrogen) atoms. The summed E-state index contributed by atoms with van der Waals surface area (Å²) in [6, 6.07) is 27.0. The molecule has 0 aliphatic rings. The minimum atomic E-state index is -0.439. The summed E-state index contributed by atoms with van der Waals surface area (Å²) >= 11 is 12.5. The summed E-state index contributed by atoms with van der Waals surface area (Å²) in [6.07, 6.45) is 3.34. The standard InChI is InChI=1S/C29H22Cl2N4O3/c30-21-10-6-11-22(16-21)35-18-26(20-8-2-1-3-9-20)32-29(35)33-27(36)19-34(17-23-12-7-15-38-23)28(37)24-13-4-5-14-25(24)31/h1-16,18H,17,19H2,(H,32,33,36). The molecule has 0 fully saturated rings. The largest absolute Gasteiger partial charge is 0.467 e. The van der Waals surface area contributed by atoms with Crippen LogP contribution in [0.25, 0.3) is 16.9 Å². The first-order chi connectivity index (χ1) is 18.5. The van der Waals surface area contributed by atoms with Crippen molar-refractivity contribution in [2.24, 2.45) is 0 Å². The van der Waals surface area contributed by atoms with Crippen LogP contribution in [0.4, 0.5) is 5.95 Å². The van der Waals surface area contributed by atoms with E-state index in [1.807, 2.05) is 48.7 Å². The molecule has 5 aromatic rings. The predicted octanol–water partition coefficient (Wildman–Crippen LogP) is 6.72. The highest BCUT2D eigenvalue weighted by atomic mass is 35.5. The molecule has 0 aliphatic heterocycles. The van der Waals surface area contributed by atoms with Gasteiger partial charge in [0.1, 0.15) is 12.3 Å². The monoisotopic (exact) mass is 544 g/mol. The van der Waals surface area contributed by atoms with Gasteiger partial charge in [0.2, 0.25) is 11.9 Å². The first kappa shape index (κ1) is 25.3. The van der Waals surface area contributed by atoms with Gasteiger partial charge in [-0.25, -0.2) is 4.98 Å². The van der Waals surface area contributed by atoms with Crippen molar-refractivity contribution >= 4 is 41.0 Å². The Kier molecular flexibility index (Phi) is 7.58. The highest BCUT2D eigenvalue weighted by molar-refractivity contribution is 6.33. The van der Waals surface area contributed by atoms with E-state index in [2.05, 4.69) is 10.3 Å². The highest BCUT2D eigenvalue weighted by Crippen LogP contribution is 2.26. The highest BCUT2D eigenvalue weighted by Gasteiger charge is 2.23. The fourth-order valence-electron chi connectivity index (χ4n) is 3.97. The second-order valence-corrected chi connectivity index (χ2v) is 9.28. The van der Waals surface area contributed by atoms with E-state index < -0.39 is 11.8 Å². The van der Waals surface area contributed by atoms with Crippen LogP contribution in [-0.2, 0) is 11.3 Å². The van der Waals surface area contributed by atoms with Crippen molar-refractivity contribution in [1.29, 1.82) is 0 Å². The van der Waals surface area contributed by atoms with Crippen molar-refractivity contribution in [3.05, 3.63) is 125 Å². The average Bonchev–Trinajstić information content (AvgIpc) is 3.59. The van der Waals surface area contributed by atoms with E-state index in [1.165, 1.54) is 11.2 Å². The number of rotatable bonds is 8. The van der Waals surface area contributed by atoms with Crippen molar-refractivity contribution in [1.82, 2.24) is 14.5 Å². The molecule has 2 heterocycles.